The highest BCUT2D eigenvalue weighted by molar-refractivity contribution is 5.48. The molecule has 4 heteroatoms. The number of hydrogen-bond acceptors (Lipinski definition) is 3. The minimum atomic E-state index is 0.269. The first kappa shape index (κ1) is 12.5. The van der Waals surface area contributed by atoms with E-state index in [-0.39, 0.29) is 6.04 Å². The second-order valence-corrected chi connectivity index (χ2v) is 4.75. The van der Waals surface area contributed by atoms with Gasteiger partial charge in [0.25, 0.3) is 0 Å². The molecule has 0 saturated carbocycles. The SMILES string of the molecule is CC(Nc1cnn(C)c1)c1ccc(N(C)C)cc1. The van der Waals surface area contributed by atoms with E-state index in [1.807, 2.05) is 33.5 Å². The number of nitrogens with one attached hydrogen (secondary N) is 1. The molecule has 1 heterocycles. The van der Waals surface area contributed by atoms with Crippen molar-refractivity contribution >= 4 is 11.4 Å². The van der Waals surface area contributed by atoms with Crippen LogP contribution in [0.2, 0.25) is 0 Å². The lowest BCUT2D eigenvalue weighted by Gasteiger charge is -2.17. The molecule has 4 nitrogen and oxygen atoms in total. The van der Waals surface area contributed by atoms with Crippen molar-refractivity contribution in [2.45, 2.75) is 13.0 Å². The molecular weight excluding hydrogens is 224 g/mol. The Labute approximate surface area is 108 Å². The van der Waals surface area contributed by atoms with E-state index >= 15 is 0 Å². The van der Waals surface area contributed by atoms with Crippen LogP contribution < -0.4 is 10.2 Å². The van der Waals surface area contributed by atoms with Crippen LogP contribution in [0.1, 0.15) is 18.5 Å². The predicted octanol–water partition coefficient (Wildman–Crippen LogP) is 2.66. The zero-order chi connectivity index (χ0) is 13.1. The van der Waals surface area contributed by atoms with Gasteiger partial charge in [-0.1, -0.05) is 12.1 Å². The maximum Gasteiger partial charge on any atom is 0.0731 e. The summed E-state index contributed by atoms with van der Waals surface area (Å²) in [6, 6.07) is 8.85. The maximum absolute atomic E-state index is 4.15. The molecule has 2 aromatic rings. The topological polar surface area (TPSA) is 33.1 Å². The Hall–Kier alpha value is -1.97. The number of hydrogen-bond donors (Lipinski definition) is 1. The van der Waals surface area contributed by atoms with Gasteiger partial charge in [-0.15, -0.1) is 0 Å². The van der Waals surface area contributed by atoms with Gasteiger partial charge in [0.2, 0.25) is 0 Å². The van der Waals surface area contributed by atoms with Gasteiger partial charge in [0.1, 0.15) is 0 Å². The van der Waals surface area contributed by atoms with Gasteiger partial charge >= 0.3 is 0 Å². The first-order chi connectivity index (χ1) is 8.56. The highest BCUT2D eigenvalue weighted by atomic mass is 15.3. The van der Waals surface area contributed by atoms with Crippen LogP contribution >= 0.6 is 0 Å². The molecule has 18 heavy (non-hydrogen) atoms. The summed E-state index contributed by atoms with van der Waals surface area (Å²) in [5.74, 6) is 0. The molecular formula is C14H20N4. The van der Waals surface area contributed by atoms with Gasteiger partial charge < -0.3 is 10.2 Å². The van der Waals surface area contributed by atoms with Gasteiger partial charge in [0, 0.05) is 39.1 Å². The zero-order valence-corrected chi connectivity index (χ0v) is 11.4. The third-order valence-corrected chi connectivity index (χ3v) is 3.00. The van der Waals surface area contributed by atoms with Crippen LogP contribution in [0.25, 0.3) is 0 Å². The van der Waals surface area contributed by atoms with Crippen molar-refractivity contribution in [1.29, 1.82) is 0 Å². The van der Waals surface area contributed by atoms with Crippen LogP contribution in [0.5, 0.6) is 0 Å². The summed E-state index contributed by atoms with van der Waals surface area (Å²) in [6.07, 6.45) is 3.81. The fourth-order valence-electron chi connectivity index (χ4n) is 1.89. The molecule has 2 rings (SSSR count). The zero-order valence-electron chi connectivity index (χ0n) is 11.4. The first-order valence-corrected chi connectivity index (χ1v) is 6.09. The van der Waals surface area contributed by atoms with E-state index < -0.39 is 0 Å². The second-order valence-electron chi connectivity index (χ2n) is 4.75. The largest absolute Gasteiger partial charge is 0.378 e. The summed E-state index contributed by atoms with van der Waals surface area (Å²) < 4.78 is 1.80. The van der Waals surface area contributed by atoms with E-state index in [4.69, 9.17) is 0 Å². The summed E-state index contributed by atoms with van der Waals surface area (Å²) in [4.78, 5) is 2.10. The highest BCUT2D eigenvalue weighted by Crippen LogP contribution is 2.21. The molecule has 0 aliphatic carbocycles. The van der Waals surface area contributed by atoms with Gasteiger partial charge in [-0.05, 0) is 24.6 Å². The fourth-order valence-corrected chi connectivity index (χ4v) is 1.89. The number of rotatable bonds is 4. The number of anilines is 2. The number of nitrogens with zero attached hydrogens (tertiary/aromatic N) is 3. The third-order valence-electron chi connectivity index (χ3n) is 3.00. The van der Waals surface area contributed by atoms with Crippen LogP contribution in [0.3, 0.4) is 0 Å². The van der Waals surface area contributed by atoms with Crippen molar-refractivity contribution in [1.82, 2.24) is 9.78 Å². The lowest BCUT2D eigenvalue weighted by atomic mass is 10.1. The van der Waals surface area contributed by atoms with Crippen molar-refractivity contribution in [2.75, 3.05) is 24.3 Å². The van der Waals surface area contributed by atoms with Crippen molar-refractivity contribution in [3.63, 3.8) is 0 Å². The lowest BCUT2D eigenvalue weighted by molar-refractivity contribution is 0.767. The average molecular weight is 244 g/mol. The van der Waals surface area contributed by atoms with Gasteiger partial charge in [0.15, 0.2) is 0 Å². The van der Waals surface area contributed by atoms with Gasteiger partial charge in [0.05, 0.1) is 11.9 Å². The van der Waals surface area contributed by atoms with E-state index in [2.05, 4.69) is 46.5 Å². The normalized spacial score (nSPS) is 12.2. The molecule has 1 aromatic carbocycles. The minimum absolute atomic E-state index is 0.269. The summed E-state index contributed by atoms with van der Waals surface area (Å²) >= 11 is 0. The summed E-state index contributed by atoms with van der Waals surface area (Å²) in [5.41, 5.74) is 3.53. The average Bonchev–Trinajstić information content (AvgIpc) is 2.75. The molecule has 0 amide bonds. The Morgan fingerprint density at radius 1 is 1.22 bits per heavy atom. The smallest absolute Gasteiger partial charge is 0.0731 e. The van der Waals surface area contributed by atoms with Crippen LogP contribution in [0, 0.1) is 0 Å². The van der Waals surface area contributed by atoms with Crippen molar-refractivity contribution < 1.29 is 0 Å². The van der Waals surface area contributed by atoms with E-state index in [1.165, 1.54) is 11.3 Å². The molecule has 0 bridgehead atoms. The molecule has 96 valence electrons. The van der Waals surface area contributed by atoms with E-state index in [9.17, 15) is 0 Å². The summed E-state index contributed by atoms with van der Waals surface area (Å²) in [5, 5.41) is 7.58. The predicted molar refractivity (Wildman–Crippen MR) is 76.0 cm³/mol. The Balaban J connectivity index is 2.06. The molecule has 0 aliphatic heterocycles. The Morgan fingerprint density at radius 2 is 1.89 bits per heavy atom. The highest BCUT2D eigenvalue weighted by Gasteiger charge is 2.06. The lowest BCUT2D eigenvalue weighted by Crippen LogP contribution is -2.09. The van der Waals surface area contributed by atoms with E-state index in [1.54, 1.807) is 4.68 Å². The molecule has 0 saturated heterocycles. The van der Waals surface area contributed by atoms with Gasteiger partial charge in [-0.3, -0.25) is 4.68 Å². The van der Waals surface area contributed by atoms with Crippen molar-refractivity contribution in [3.8, 4) is 0 Å². The number of benzene rings is 1. The standard InChI is InChI=1S/C14H20N4/c1-11(16-13-9-15-18(4)10-13)12-5-7-14(8-6-12)17(2)3/h5-11,16H,1-4H3. The van der Waals surface area contributed by atoms with Gasteiger partial charge in [-0.25, -0.2) is 0 Å². The molecule has 0 aliphatic rings. The van der Waals surface area contributed by atoms with Crippen LogP contribution in [-0.2, 0) is 7.05 Å². The molecule has 0 fully saturated rings. The monoisotopic (exact) mass is 244 g/mol. The number of aromatic nitrogens is 2. The van der Waals surface area contributed by atoms with E-state index in [0.29, 0.717) is 0 Å². The molecule has 1 N–H and O–H groups in total. The third kappa shape index (κ3) is 2.83. The Kier molecular flexibility index (Phi) is 3.55. The summed E-state index contributed by atoms with van der Waals surface area (Å²) in [6.45, 7) is 2.15. The van der Waals surface area contributed by atoms with Crippen LogP contribution in [-0.4, -0.2) is 23.9 Å². The molecule has 0 radical (unpaired) electrons. The molecule has 0 spiro atoms. The van der Waals surface area contributed by atoms with Crippen molar-refractivity contribution in [2.24, 2.45) is 7.05 Å². The first-order valence-electron chi connectivity index (χ1n) is 6.09. The van der Waals surface area contributed by atoms with E-state index in [0.717, 1.165) is 5.69 Å². The van der Waals surface area contributed by atoms with Crippen LogP contribution in [0.4, 0.5) is 11.4 Å². The number of aryl methyl sites for hydroxylation is 1. The van der Waals surface area contributed by atoms with Crippen molar-refractivity contribution in [3.05, 3.63) is 42.2 Å². The van der Waals surface area contributed by atoms with Crippen LogP contribution in [0.15, 0.2) is 36.7 Å². The molecule has 1 unspecified atom stereocenters. The Morgan fingerprint density at radius 3 is 2.39 bits per heavy atom. The summed E-state index contributed by atoms with van der Waals surface area (Å²) in [7, 11) is 6.01. The Bertz CT molecular complexity index is 499. The molecule has 1 atom stereocenters. The van der Waals surface area contributed by atoms with Gasteiger partial charge in [-0.2, -0.15) is 5.10 Å². The minimum Gasteiger partial charge on any atom is -0.378 e. The fraction of sp³-hybridized carbons (Fsp3) is 0.357. The molecule has 1 aromatic heterocycles. The second kappa shape index (κ2) is 5.12. The maximum atomic E-state index is 4.15. The quantitative estimate of drug-likeness (QED) is 0.897.